The number of furan rings is 1. The summed E-state index contributed by atoms with van der Waals surface area (Å²) >= 11 is 0. The lowest BCUT2D eigenvalue weighted by Gasteiger charge is -2.39. The minimum absolute atomic E-state index is 0.0185. The molecule has 1 spiro atoms. The third-order valence-corrected chi connectivity index (χ3v) is 4.90. The fourth-order valence-electron chi connectivity index (χ4n) is 3.74. The summed E-state index contributed by atoms with van der Waals surface area (Å²) in [6.45, 7) is 1.93. The molecule has 2 aliphatic rings. The summed E-state index contributed by atoms with van der Waals surface area (Å²) in [6, 6.07) is 9.26. The number of carbonyl (C=O) groups is 1. The van der Waals surface area contributed by atoms with Gasteiger partial charge in [0.05, 0.1) is 24.9 Å². The van der Waals surface area contributed by atoms with Crippen LogP contribution in [0, 0.1) is 0 Å². The highest BCUT2D eigenvalue weighted by Crippen LogP contribution is 2.36. The number of rotatable bonds is 4. The fraction of sp³-hybridized carbons (Fsp3) is 0.474. The van der Waals surface area contributed by atoms with Gasteiger partial charge in [-0.15, -0.1) is 0 Å². The molecule has 4 heterocycles. The maximum atomic E-state index is 12.5. The highest BCUT2D eigenvalue weighted by Gasteiger charge is 2.45. The number of carbonyl (C=O) groups excluding carboxylic acids is 1. The van der Waals surface area contributed by atoms with Crippen LogP contribution in [0.15, 0.2) is 47.2 Å². The average Bonchev–Trinajstić information content (AvgIpc) is 3.26. The van der Waals surface area contributed by atoms with Crippen molar-refractivity contribution in [2.45, 2.75) is 37.4 Å². The van der Waals surface area contributed by atoms with Crippen LogP contribution in [-0.4, -0.2) is 47.2 Å². The molecule has 6 nitrogen and oxygen atoms in total. The molecule has 4 rings (SSSR count). The molecule has 25 heavy (non-hydrogen) atoms. The van der Waals surface area contributed by atoms with E-state index >= 15 is 0 Å². The van der Waals surface area contributed by atoms with Crippen molar-refractivity contribution >= 4 is 5.91 Å². The monoisotopic (exact) mass is 342 g/mol. The Kier molecular flexibility index (Phi) is 4.44. The van der Waals surface area contributed by atoms with Crippen LogP contribution in [0.25, 0.3) is 0 Å². The second-order valence-corrected chi connectivity index (χ2v) is 6.78. The molecule has 0 N–H and O–H groups in total. The zero-order chi connectivity index (χ0) is 17.1. The van der Waals surface area contributed by atoms with Gasteiger partial charge < -0.3 is 18.8 Å². The van der Waals surface area contributed by atoms with Crippen molar-refractivity contribution in [1.82, 2.24) is 9.88 Å². The number of nitrogens with zero attached hydrogens (tertiary/aromatic N) is 2. The van der Waals surface area contributed by atoms with Crippen molar-refractivity contribution in [3.05, 3.63) is 48.6 Å². The van der Waals surface area contributed by atoms with Crippen LogP contribution in [0.4, 0.5) is 0 Å². The van der Waals surface area contributed by atoms with Crippen LogP contribution >= 0.6 is 0 Å². The summed E-state index contributed by atoms with van der Waals surface area (Å²) < 4.78 is 17.3. The Hall–Kier alpha value is -2.34. The Labute approximate surface area is 146 Å². The average molecular weight is 342 g/mol. The predicted molar refractivity (Wildman–Crippen MR) is 90.2 cm³/mol. The molecule has 0 unspecified atom stereocenters. The molecule has 2 aromatic heterocycles. The highest BCUT2D eigenvalue weighted by molar-refractivity contribution is 5.78. The van der Waals surface area contributed by atoms with Gasteiger partial charge in [0.25, 0.3) is 0 Å². The SMILES string of the molecule is O=C(Cc1ccco1)N1CCC[C@]2(C[C@H](Oc3ccccn3)CO2)C1. The van der Waals surface area contributed by atoms with Crippen LogP contribution in [0.5, 0.6) is 5.88 Å². The molecule has 2 aromatic rings. The van der Waals surface area contributed by atoms with Gasteiger partial charge in [-0.2, -0.15) is 0 Å². The quantitative estimate of drug-likeness (QED) is 0.854. The van der Waals surface area contributed by atoms with Crippen molar-refractivity contribution in [2.75, 3.05) is 19.7 Å². The molecule has 132 valence electrons. The lowest BCUT2D eigenvalue weighted by Crippen LogP contribution is -2.50. The Bertz CT molecular complexity index is 703. The predicted octanol–water partition coefficient (Wildman–Crippen LogP) is 2.45. The van der Waals surface area contributed by atoms with Gasteiger partial charge in [-0.05, 0) is 31.0 Å². The molecule has 2 aliphatic heterocycles. The van der Waals surface area contributed by atoms with E-state index in [-0.39, 0.29) is 17.6 Å². The molecule has 6 heteroatoms. The van der Waals surface area contributed by atoms with Gasteiger partial charge in [0.1, 0.15) is 11.9 Å². The van der Waals surface area contributed by atoms with Crippen LogP contribution < -0.4 is 4.74 Å². The zero-order valence-corrected chi connectivity index (χ0v) is 14.1. The molecule has 0 bridgehead atoms. The number of piperidine rings is 1. The molecule has 0 radical (unpaired) electrons. The Balaban J connectivity index is 1.36. The Morgan fingerprint density at radius 2 is 2.32 bits per heavy atom. The maximum absolute atomic E-state index is 12.5. The van der Waals surface area contributed by atoms with Crippen LogP contribution in [-0.2, 0) is 16.0 Å². The number of hydrogen-bond acceptors (Lipinski definition) is 5. The normalized spacial score (nSPS) is 26.1. The van der Waals surface area contributed by atoms with Crippen LogP contribution in [0.2, 0.25) is 0 Å². The van der Waals surface area contributed by atoms with Crippen LogP contribution in [0.3, 0.4) is 0 Å². The van der Waals surface area contributed by atoms with E-state index in [1.54, 1.807) is 18.5 Å². The standard InChI is InChI=1S/C19H22N2O4/c22-18(11-15-5-3-10-23-15)21-9-4-7-19(14-21)12-16(13-24-19)25-17-6-1-2-8-20-17/h1-3,5-6,8,10,16H,4,7,9,11-14H2/t16-,19-/m0/s1. The van der Waals surface area contributed by atoms with Crippen molar-refractivity contribution in [3.8, 4) is 5.88 Å². The van der Waals surface area contributed by atoms with Crippen molar-refractivity contribution in [3.63, 3.8) is 0 Å². The summed E-state index contributed by atoms with van der Waals surface area (Å²) in [5.74, 6) is 1.41. The molecular formula is C19H22N2O4. The van der Waals surface area contributed by atoms with E-state index in [2.05, 4.69) is 4.98 Å². The van der Waals surface area contributed by atoms with E-state index in [1.807, 2.05) is 29.2 Å². The third kappa shape index (κ3) is 3.69. The first-order valence-electron chi connectivity index (χ1n) is 8.74. The summed E-state index contributed by atoms with van der Waals surface area (Å²) in [5.41, 5.74) is -0.295. The first kappa shape index (κ1) is 16.1. The minimum atomic E-state index is -0.295. The third-order valence-electron chi connectivity index (χ3n) is 4.90. The number of amides is 1. The van der Waals surface area contributed by atoms with E-state index in [0.29, 0.717) is 31.2 Å². The second-order valence-electron chi connectivity index (χ2n) is 6.78. The molecule has 1 amide bonds. The van der Waals surface area contributed by atoms with E-state index in [4.69, 9.17) is 13.9 Å². The Morgan fingerprint density at radius 3 is 3.12 bits per heavy atom. The van der Waals surface area contributed by atoms with Gasteiger partial charge >= 0.3 is 0 Å². The number of likely N-dealkylation sites (tertiary alicyclic amines) is 1. The molecular weight excluding hydrogens is 320 g/mol. The van der Waals surface area contributed by atoms with Crippen LogP contribution in [0.1, 0.15) is 25.0 Å². The van der Waals surface area contributed by atoms with E-state index in [9.17, 15) is 4.79 Å². The van der Waals surface area contributed by atoms with E-state index in [1.165, 1.54) is 0 Å². The van der Waals surface area contributed by atoms with E-state index < -0.39 is 0 Å². The number of pyridine rings is 1. The van der Waals surface area contributed by atoms with Gasteiger partial charge in [0, 0.05) is 31.8 Å². The molecule has 0 aliphatic carbocycles. The highest BCUT2D eigenvalue weighted by atomic mass is 16.6. The molecule has 2 fully saturated rings. The number of hydrogen-bond donors (Lipinski definition) is 0. The summed E-state index contributed by atoms with van der Waals surface area (Å²) in [5, 5.41) is 0. The zero-order valence-electron chi connectivity index (χ0n) is 14.1. The molecule has 0 aromatic carbocycles. The van der Waals surface area contributed by atoms with Crippen molar-refractivity contribution < 1.29 is 18.7 Å². The fourth-order valence-corrected chi connectivity index (χ4v) is 3.74. The summed E-state index contributed by atoms with van der Waals surface area (Å²) in [4.78, 5) is 18.7. The number of aromatic nitrogens is 1. The van der Waals surface area contributed by atoms with Crippen molar-refractivity contribution in [2.24, 2.45) is 0 Å². The van der Waals surface area contributed by atoms with Crippen molar-refractivity contribution in [1.29, 1.82) is 0 Å². The molecule has 2 atom stereocenters. The summed E-state index contributed by atoms with van der Waals surface area (Å²) in [6.07, 6.45) is 6.29. The largest absolute Gasteiger partial charge is 0.472 e. The molecule has 2 saturated heterocycles. The van der Waals surface area contributed by atoms with Gasteiger partial charge in [-0.1, -0.05) is 6.07 Å². The molecule has 0 saturated carbocycles. The topological polar surface area (TPSA) is 64.8 Å². The maximum Gasteiger partial charge on any atom is 0.230 e. The smallest absolute Gasteiger partial charge is 0.230 e. The minimum Gasteiger partial charge on any atom is -0.472 e. The van der Waals surface area contributed by atoms with Gasteiger partial charge in [-0.25, -0.2) is 4.98 Å². The second kappa shape index (κ2) is 6.88. The first-order chi connectivity index (χ1) is 12.2. The van der Waals surface area contributed by atoms with E-state index in [0.717, 1.165) is 25.8 Å². The lowest BCUT2D eigenvalue weighted by atomic mass is 9.89. The number of ether oxygens (including phenoxy) is 2. The Morgan fingerprint density at radius 1 is 1.36 bits per heavy atom. The van der Waals surface area contributed by atoms with Gasteiger partial charge in [-0.3, -0.25) is 4.79 Å². The lowest BCUT2D eigenvalue weighted by molar-refractivity contribution is -0.138. The first-order valence-corrected chi connectivity index (χ1v) is 8.74. The van der Waals surface area contributed by atoms with Gasteiger partial charge in [0.15, 0.2) is 0 Å². The summed E-state index contributed by atoms with van der Waals surface area (Å²) in [7, 11) is 0. The van der Waals surface area contributed by atoms with Gasteiger partial charge in [0.2, 0.25) is 11.8 Å².